The third kappa shape index (κ3) is 2.57. The zero-order valence-electron chi connectivity index (χ0n) is 9.44. The topological polar surface area (TPSA) is 36.3 Å². The monoisotopic (exact) mass is 256 g/mol. The molecule has 1 fully saturated rings. The summed E-state index contributed by atoms with van der Waals surface area (Å²) in [5.41, 5.74) is -0.0779. The van der Waals surface area contributed by atoms with Crippen molar-refractivity contribution in [2.75, 3.05) is 24.7 Å². The molecule has 1 atom stereocenters. The summed E-state index contributed by atoms with van der Waals surface area (Å²) in [6.07, 6.45) is -4.34. The Balaban J connectivity index is 2.21. The molecule has 1 aromatic rings. The number of anilines is 1. The lowest BCUT2D eigenvalue weighted by atomic mass is 10.1. The Morgan fingerprint density at radius 1 is 1.28 bits per heavy atom. The van der Waals surface area contributed by atoms with Gasteiger partial charge in [0.1, 0.15) is 6.04 Å². The predicted molar refractivity (Wildman–Crippen MR) is 59.0 cm³/mol. The zero-order valence-corrected chi connectivity index (χ0v) is 9.44. The summed E-state index contributed by atoms with van der Waals surface area (Å²) >= 11 is 0. The molecule has 0 amide bonds. The number of halogens is 3. The van der Waals surface area contributed by atoms with Gasteiger partial charge >= 0.3 is 6.18 Å². The molecule has 0 bridgehead atoms. The first-order valence-electron chi connectivity index (χ1n) is 5.43. The van der Waals surface area contributed by atoms with Crippen molar-refractivity contribution >= 4 is 5.69 Å². The molecule has 1 aromatic carbocycles. The van der Waals surface area contributed by atoms with E-state index in [0.717, 1.165) is 12.1 Å². The highest BCUT2D eigenvalue weighted by atomic mass is 19.4. The third-order valence-electron chi connectivity index (χ3n) is 2.80. The van der Waals surface area contributed by atoms with Crippen LogP contribution < -0.4 is 4.90 Å². The zero-order chi connectivity index (χ0) is 13.2. The molecule has 1 aliphatic heterocycles. The molecule has 18 heavy (non-hydrogen) atoms. The maximum atomic E-state index is 12.4. The first-order valence-corrected chi connectivity index (χ1v) is 5.43. The van der Waals surface area contributed by atoms with Gasteiger partial charge in [0, 0.05) is 12.2 Å². The first-order chi connectivity index (χ1) is 8.52. The van der Waals surface area contributed by atoms with Crippen molar-refractivity contribution in [2.45, 2.75) is 12.2 Å². The van der Waals surface area contributed by atoms with Crippen LogP contribution in [0.2, 0.25) is 0 Å². The van der Waals surface area contributed by atoms with Crippen LogP contribution in [0.15, 0.2) is 24.3 Å². The summed E-state index contributed by atoms with van der Waals surface area (Å²) in [4.78, 5) is 1.75. The lowest BCUT2D eigenvalue weighted by Gasteiger charge is -2.33. The van der Waals surface area contributed by atoms with E-state index in [1.165, 1.54) is 12.1 Å². The summed E-state index contributed by atoms with van der Waals surface area (Å²) < 4.78 is 42.4. The minimum Gasteiger partial charge on any atom is -0.376 e. The molecule has 2 rings (SSSR count). The van der Waals surface area contributed by atoms with Crippen molar-refractivity contribution in [1.29, 1.82) is 5.26 Å². The molecular formula is C12H11F3N2O. The fourth-order valence-electron chi connectivity index (χ4n) is 1.86. The number of nitriles is 1. The van der Waals surface area contributed by atoms with E-state index in [-0.39, 0.29) is 6.61 Å². The molecule has 0 saturated carbocycles. The summed E-state index contributed by atoms with van der Waals surface area (Å²) in [6, 6.07) is 6.46. The van der Waals surface area contributed by atoms with Crippen LogP contribution in [0.1, 0.15) is 5.56 Å². The minimum absolute atomic E-state index is 0.275. The Bertz CT molecular complexity index is 450. The van der Waals surface area contributed by atoms with E-state index in [1.54, 1.807) is 4.90 Å². The predicted octanol–water partition coefficient (Wildman–Crippen LogP) is 2.43. The van der Waals surface area contributed by atoms with Crippen LogP contribution in [-0.4, -0.2) is 25.8 Å². The SMILES string of the molecule is N#CC1COCCN1c1ccc(C(F)(F)F)cc1. The maximum absolute atomic E-state index is 12.4. The highest BCUT2D eigenvalue weighted by Gasteiger charge is 2.30. The van der Waals surface area contributed by atoms with Gasteiger partial charge in [-0.1, -0.05) is 0 Å². The van der Waals surface area contributed by atoms with Gasteiger partial charge in [-0.25, -0.2) is 0 Å². The van der Waals surface area contributed by atoms with Gasteiger partial charge < -0.3 is 9.64 Å². The highest BCUT2D eigenvalue weighted by Crippen LogP contribution is 2.31. The second-order valence-electron chi connectivity index (χ2n) is 3.96. The van der Waals surface area contributed by atoms with Gasteiger partial charge in [-0.05, 0) is 24.3 Å². The molecule has 1 aliphatic rings. The number of hydrogen-bond donors (Lipinski definition) is 0. The van der Waals surface area contributed by atoms with E-state index in [0.29, 0.717) is 18.8 Å². The highest BCUT2D eigenvalue weighted by molar-refractivity contribution is 5.50. The standard InChI is InChI=1S/C12H11F3N2O/c13-12(14,15)9-1-3-10(4-2-9)17-5-6-18-8-11(17)7-16/h1-4,11H,5-6,8H2. The maximum Gasteiger partial charge on any atom is 0.416 e. The van der Waals surface area contributed by atoms with Crippen molar-refractivity contribution in [3.8, 4) is 6.07 Å². The van der Waals surface area contributed by atoms with Gasteiger partial charge in [-0.15, -0.1) is 0 Å². The largest absolute Gasteiger partial charge is 0.416 e. The van der Waals surface area contributed by atoms with Gasteiger partial charge in [0.05, 0.1) is 24.8 Å². The quantitative estimate of drug-likeness (QED) is 0.774. The van der Waals surface area contributed by atoms with E-state index in [1.807, 2.05) is 0 Å². The number of nitrogens with zero attached hydrogens (tertiary/aromatic N) is 2. The molecule has 0 aliphatic carbocycles. The Labute approximate surface area is 102 Å². The van der Waals surface area contributed by atoms with E-state index in [4.69, 9.17) is 10.00 Å². The normalized spacial score (nSPS) is 20.6. The second kappa shape index (κ2) is 4.86. The fourth-order valence-corrected chi connectivity index (χ4v) is 1.86. The molecule has 1 unspecified atom stereocenters. The van der Waals surface area contributed by atoms with Gasteiger partial charge in [0.25, 0.3) is 0 Å². The first kappa shape index (κ1) is 12.7. The number of alkyl halides is 3. The Morgan fingerprint density at radius 3 is 2.50 bits per heavy atom. The molecular weight excluding hydrogens is 245 g/mol. The molecule has 1 saturated heterocycles. The van der Waals surface area contributed by atoms with Gasteiger partial charge in [0.15, 0.2) is 0 Å². The summed E-state index contributed by atoms with van der Waals surface area (Å²) in [7, 11) is 0. The Kier molecular flexibility index (Phi) is 3.43. The smallest absolute Gasteiger partial charge is 0.376 e. The van der Waals surface area contributed by atoms with Gasteiger partial charge in [-0.3, -0.25) is 0 Å². The van der Waals surface area contributed by atoms with Crippen LogP contribution in [0.4, 0.5) is 18.9 Å². The van der Waals surface area contributed by atoms with E-state index in [9.17, 15) is 13.2 Å². The average Bonchev–Trinajstić information content (AvgIpc) is 2.38. The molecule has 3 nitrogen and oxygen atoms in total. The van der Waals surface area contributed by atoms with Crippen LogP contribution in [-0.2, 0) is 10.9 Å². The van der Waals surface area contributed by atoms with Crippen LogP contribution in [0.25, 0.3) is 0 Å². The molecule has 0 spiro atoms. The van der Waals surface area contributed by atoms with Crippen molar-refractivity contribution in [1.82, 2.24) is 0 Å². The van der Waals surface area contributed by atoms with Crippen LogP contribution in [0, 0.1) is 11.3 Å². The van der Waals surface area contributed by atoms with Crippen LogP contribution in [0.3, 0.4) is 0 Å². The van der Waals surface area contributed by atoms with Crippen molar-refractivity contribution in [3.05, 3.63) is 29.8 Å². The van der Waals surface area contributed by atoms with E-state index >= 15 is 0 Å². The van der Waals surface area contributed by atoms with E-state index < -0.39 is 17.8 Å². The molecule has 96 valence electrons. The van der Waals surface area contributed by atoms with Crippen LogP contribution in [0.5, 0.6) is 0 Å². The van der Waals surface area contributed by atoms with Gasteiger partial charge in [-0.2, -0.15) is 18.4 Å². The molecule has 6 heteroatoms. The lowest BCUT2D eigenvalue weighted by Crippen LogP contribution is -2.44. The second-order valence-corrected chi connectivity index (χ2v) is 3.96. The number of ether oxygens (including phenoxy) is 1. The van der Waals surface area contributed by atoms with Crippen molar-refractivity contribution in [3.63, 3.8) is 0 Å². The number of morpholine rings is 1. The fraction of sp³-hybridized carbons (Fsp3) is 0.417. The van der Waals surface area contributed by atoms with E-state index in [2.05, 4.69) is 6.07 Å². The molecule has 1 heterocycles. The summed E-state index contributed by atoms with van der Waals surface area (Å²) in [5, 5.41) is 8.95. The third-order valence-corrected chi connectivity index (χ3v) is 2.80. The van der Waals surface area contributed by atoms with Crippen molar-refractivity contribution in [2.24, 2.45) is 0 Å². The van der Waals surface area contributed by atoms with Crippen molar-refractivity contribution < 1.29 is 17.9 Å². The average molecular weight is 256 g/mol. The lowest BCUT2D eigenvalue weighted by molar-refractivity contribution is -0.137. The molecule has 0 radical (unpaired) electrons. The number of rotatable bonds is 1. The van der Waals surface area contributed by atoms with Gasteiger partial charge in [0.2, 0.25) is 0 Å². The Hall–Kier alpha value is -1.74. The Morgan fingerprint density at radius 2 is 1.94 bits per heavy atom. The summed E-state index contributed by atoms with van der Waals surface area (Å²) in [6.45, 7) is 1.25. The molecule has 0 aromatic heterocycles. The summed E-state index contributed by atoms with van der Waals surface area (Å²) in [5.74, 6) is 0. The molecule has 0 N–H and O–H groups in total. The number of hydrogen-bond acceptors (Lipinski definition) is 3. The number of benzene rings is 1. The minimum atomic E-state index is -4.34. The van der Waals surface area contributed by atoms with Crippen LogP contribution >= 0.6 is 0 Å².